The Labute approximate surface area is 153 Å². The van der Waals surface area contributed by atoms with E-state index in [-0.39, 0.29) is 18.7 Å². The van der Waals surface area contributed by atoms with Crippen molar-refractivity contribution in [2.75, 3.05) is 24.6 Å². The molecule has 2 aliphatic heterocycles. The van der Waals surface area contributed by atoms with Crippen LogP contribution in [0.15, 0.2) is 23.0 Å². The number of aromatic nitrogens is 4. The molecule has 0 bridgehead atoms. The van der Waals surface area contributed by atoms with E-state index in [1.54, 1.807) is 0 Å². The minimum absolute atomic E-state index is 0.0208. The van der Waals surface area contributed by atoms with Crippen molar-refractivity contribution in [1.29, 1.82) is 0 Å². The van der Waals surface area contributed by atoms with Gasteiger partial charge in [-0.3, -0.25) is 4.68 Å². The van der Waals surface area contributed by atoms with E-state index in [2.05, 4.69) is 42.8 Å². The van der Waals surface area contributed by atoms with E-state index in [0.29, 0.717) is 23.9 Å². The molecule has 2 fully saturated rings. The Balaban J connectivity index is 1.40. The molecule has 8 nitrogen and oxygen atoms in total. The zero-order valence-electron chi connectivity index (χ0n) is 15.5. The lowest BCUT2D eigenvalue weighted by atomic mass is 9.89. The van der Waals surface area contributed by atoms with Crippen molar-refractivity contribution in [2.45, 2.75) is 63.7 Å². The lowest BCUT2D eigenvalue weighted by Crippen LogP contribution is -2.56. The van der Waals surface area contributed by atoms with Gasteiger partial charge in [-0.15, -0.1) is 0 Å². The molecule has 3 unspecified atom stereocenters. The SMILES string of the molecule is Cc1noc(N2C(C)CC(N3CCC(n4cccn4)CC3)CC2CO)n1. The molecule has 3 atom stereocenters. The standard InChI is InChI=1S/C18H28N6O2/c1-13-10-16(11-17(12-25)24(13)18-20-14(2)21-26-18)22-8-4-15(5-9-22)23-7-3-6-19-23/h3,6-7,13,15-17,25H,4-5,8-12H2,1-2H3. The molecule has 0 aromatic carbocycles. The second-order valence-electron chi connectivity index (χ2n) is 7.60. The van der Waals surface area contributed by atoms with Gasteiger partial charge >= 0.3 is 6.01 Å². The maximum absolute atomic E-state index is 9.97. The van der Waals surface area contributed by atoms with E-state index in [1.807, 2.05) is 19.2 Å². The summed E-state index contributed by atoms with van der Waals surface area (Å²) >= 11 is 0. The highest BCUT2D eigenvalue weighted by molar-refractivity contribution is 5.31. The Morgan fingerprint density at radius 2 is 2.04 bits per heavy atom. The van der Waals surface area contributed by atoms with Crippen LogP contribution in [0.2, 0.25) is 0 Å². The lowest BCUT2D eigenvalue weighted by molar-refractivity contribution is 0.0833. The first-order valence-electron chi connectivity index (χ1n) is 9.58. The van der Waals surface area contributed by atoms with Gasteiger partial charge in [0.05, 0.1) is 18.7 Å². The third kappa shape index (κ3) is 3.35. The fraction of sp³-hybridized carbons (Fsp3) is 0.722. The van der Waals surface area contributed by atoms with Crippen LogP contribution in [0.3, 0.4) is 0 Å². The average molecular weight is 360 g/mol. The van der Waals surface area contributed by atoms with E-state index in [4.69, 9.17) is 4.52 Å². The van der Waals surface area contributed by atoms with Crippen molar-refractivity contribution in [3.05, 3.63) is 24.3 Å². The first-order valence-corrected chi connectivity index (χ1v) is 9.58. The second-order valence-corrected chi connectivity index (χ2v) is 7.60. The van der Waals surface area contributed by atoms with Crippen LogP contribution in [0, 0.1) is 6.92 Å². The van der Waals surface area contributed by atoms with E-state index >= 15 is 0 Å². The van der Waals surface area contributed by atoms with Crippen LogP contribution in [-0.4, -0.2) is 67.7 Å². The monoisotopic (exact) mass is 360 g/mol. The number of aliphatic hydroxyl groups is 1. The molecule has 2 aromatic rings. The van der Waals surface area contributed by atoms with Crippen LogP contribution in [-0.2, 0) is 0 Å². The maximum atomic E-state index is 9.97. The van der Waals surface area contributed by atoms with Crippen LogP contribution >= 0.6 is 0 Å². The van der Waals surface area contributed by atoms with Crippen molar-refractivity contribution < 1.29 is 9.63 Å². The lowest BCUT2D eigenvalue weighted by Gasteiger charge is -2.47. The minimum Gasteiger partial charge on any atom is -0.394 e. The molecule has 0 radical (unpaired) electrons. The Kier molecular flexibility index (Phi) is 4.95. The molecule has 4 rings (SSSR count). The van der Waals surface area contributed by atoms with Gasteiger partial charge in [0.15, 0.2) is 5.82 Å². The van der Waals surface area contributed by atoms with E-state index < -0.39 is 0 Å². The molecule has 4 heterocycles. The summed E-state index contributed by atoms with van der Waals surface area (Å²) in [6, 6.07) is 3.80. The van der Waals surface area contributed by atoms with Crippen molar-refractivity contribution in [2.24, 2.45) is 0 Å². The molecule has 0 aliphatic carbocycles. The van der Waals surface area contributed by atoms with Gasteiger partial charge in [-0.1, -0.05) is 5.16 Å². The normalized spacial score (nSPS) is 28.6. The van der Waals surface area contributed by atoms with Crippen molar-refractivity contribution in [3.8, 4) is 0 Å². The Morgan fingerprint density at radius 1 is 1.23 bits per heavy atom. The van der Waals surface area contributed by atoms with Crippen LogP contribution in [0.4, 0.5) is 6.01 Å². The fourth-order valence-corrected chi connectivity index (χ4v) is 4.60. The number of piperidine rings is 2. The number of aryl methyl sites for hydroxylation is 1. The van der Waals surface area contributed by atoms with Gasteiger partial charge in [0.1, 0.15) is 0 Å². The van der Waals surface area contributed by atoms with E-state index in [9.17, 15) is 5.11 Å². The summed E-state index contributed by atoms with van der Waals surface area (Å²) in [6.07, 6.45) is 8.15. The molecule has 0 spiro atoms. The summed E-state index contributed by atoms with van der Waals surface area (Å²) in [5.74, 6) is 0.631. The first kappa shape index (κ1) is 17.5. The Bertz CT molecular complexity index is 694. The number of hydrogen-bond acceptors (Lipinski definition) is 7. The predicted molar refractivity (Wildman–Crippen MR) is 96.9 cm³/mol. The third-order valence-electron chi connectivity index (χ3n) is 5.89. The first-order chi connectivity index (χ1) is 12.7. The number of anilines is 1. The Morgan fingerprint density at radius 3 is 2.65 bits per heavy atom. The van der Waals surface area contributed by atoms with Crippen molar-refractivity contribution in [1.82, 2.24) is 24.8 Å². The van der Waals surface area contributed by atoms with Gasteiger partial charge in [-0.2, -0.15) is 10.1 Å². The molecule has 2 aromatic heterocycles. The Hall–Kier alpha value is -1.93. The molecule has 2 aliphatic rings. The molecular formula is C18H28N6O2. The third-order valence-corrected chi connectivity index (χ3v) is 5.89. The number of rotatable bonds is 4. The van der Waals surface area contributed by atoms with Crippen LogP contribution in [0.5, 0.6) is 0 Å². The molecular weight excluding hydrogens is 332 g/mol. The average Bonchev–Trinajstić information content (AvgIpc) is 3.33. The van der Waals surface area contributed by atoms with Crippen molar-refractivity contribution >= 4 is 6.01 Å². The van der Waals surface area contributed by atoms with E-state index in [1.165, 1.54) is 0 Å². The summed E-state index contributed by atoms with van der Waals surface area (Å²) in [5.41, 5.74) is 0. The predicted octanol–water partition coefficient (Wildman–Crippen LogP) is 1.63. The number of aliphatic hydroxyl groups excluding tert-OH is 1. The summed E-state index contributed by atoms with van der Waals surface area (Å²) in [5, 5.41) is 18.3. The fourth-order valence-electron chi connectivity index (χ4n) is 4.60. The summed E-state index contributed by atoms with van der Waals surface area (Å²) < 4.78 is 7.47. The van der Waals surface area contributed by atoms with Crippen molar-refractivity contribution in [3.63, 3.8) is 0 Å². The summed E-state index contributed by atoms with van der Waals surface area (Å²) in [7, 11) is 0. The molecule has 142 valence electrons. The summed E-state index contributed by atoms with van der Waals surface area (Å²) in [4.78, 5) is 9.07. The largest absolute Gasteiger partial charge is 0.394 e. The smallest absolute Gasteiger partial charge is 0.324 e. The van der Waals surface area contributed by atoms with Crippen LogP contribution in [0.25, 0.3) is 0 Å². The molecule has 8 heteroatoms. The zero-order valence-corrected chi connectivity index (χ0v) is 15.5. The quantitative estimate of drug-likeness (QED) is 0.887. The van der Waals surface area contributed by atoms with Gasteiger partial charge in [0.25, 0.3) is 0 Å². The van der Waals surface area contributed by atoms with E-state index in [0.717, 1.165) is 38.8 Å². The number of likely N-dealkylation sites (tertiary alicyclic amines) is 1. The van der Waals surface area contributed by atoms with Gasteiger partial charge in [0, 0.05) is 37.6 Å². The second kappa shape index (κ2) is 7.36. The van der Waals surface area contributed by atoms with Gasteiger partial charge in [0.2, 0.25) is 0 Å². The number of hydrogen-bond donors (Lipinski definition) is 1. The minimum atomic E-state index is 0.0208. The topological polar surface area (TPSA) is 83.5 Å². The highest BCUT2D eigenvalue weighted by Crippen LogP contribution is 2.33. The van der Waals surface area contributed by atoms with Crippen LogP contribution in [0.1, 0.15) is 44.5 Å². The molecule has 1 N–H and O–H groups in total. The van der Waals surface area contributed by atoms with Gasteiger partial charge < -0.3 is 19.4 Å². The molecule has 0 amide bonds. The molecule has 0 saturated carbocycles. The van der Waals surface area contributed by atoms with Gasteiger partial charge in [-0.25, -0.2) is 0 Å². The summed E-state index contributed by atoms with van der Waals surface area (Å²) in [6.45, 7) is 6.28. The molecule has 2 saturated heterocycles. The van der Waals surface area contributed by atoms with Gasteiger partial charge in [-0.05, 0) is 45.6 Å². The van der Waals surface area contributed by atoms with Crippen LogP contribution < -0.4 is 4.90 Å². The number of nitrogens with zero attached hydrogens (tertiary/aromatic N) is 6. The highest BCUT2D eigenvalue weighted by atomic mass is 16.5. The molecule has 26 heavy (non-hydrogen) atoms. The highest BCUT2D eigenvalue weighted by Gasteiger charge is 2.39. The maximum Gasteiger partial charge on any atom is 0.324 e. The zero-order chi connectivity index (χ0) is 18.1.